The Morgan fingerprint density at radius 2 is 2.16 bits per heavy atom. The van der Waals surface area contributed by atoms with E-state index >= 15 is 0 Å². The van der Waals surface area contributed by atoms with E-state index in [1.807, 2.05) is 6.07 Å². The van der Waals surface area contributed by atoms with Gasteiger partial charge in [-0.15, -0.1) is 0 Å². The lowest BCUT2D eigenvalue weighted by atomic mass is 9.82. The summed E-state index contributed by atoms with van der Waals surface area (Å²) in [7, 11) is 0. The summed E-state index contributed by atoms with van der Waals surface area (Å²) < 4.78 is 19.8. The van der Waals surface area contributed by atoms with Crippen LogP contribution >= 0.6 is 0 Å². The number of hydrogen-bond donors (Lipinski definition) is 1. The van der Waals surface area contributed by atoms with Crippen LogP contribution < -0.4 is 10.5 Å². The number of aryl methyl sites for hydroxylation is 1. The summed E-state index contributed by atoms with van der Waals surface area (Å²) in [6.07, 6.45) is 5.44. The molecule has 0 spiro atoms. The molecule has 0 bridgehead atoms. The summed E-state index contributed by atoms with van der Waals surface area (Å²) >= 11 is 0. The van der Waals surface area contributed by atoms with Gasteiger partial charge in [-0.3, -0.25) is 0 Å². The highest BCUT2D eigenvalue weighted by Crippen LogP contribution is 2.31. The number of hydrogen-bond acceptors (Lipinski definition) is 2. The largest absolute Gasteiger partial charge is 0.486 e. The lowest BCUT2D eigenvalue weighted by Gasteiger charge is -2.34. The third kappa shape index (κ3) is 3.47. The molecule has 1 aromatic rings. The summed E-state index contributed by atoms with van der Waals surface area (Å²) in [5.41, 5.74) is 6.74. The lowest BCUT2D eigenvalue weighted by molar-refractivity contribution is 0.0952. The topological polar surface area (TPSA) is 35.2 Å². The van der Waals surface area contributed by atoms with E-state index in [0.717, 1.165) is 12.8 Å². The molecule has 106 valence electrons. The van der Waals surface area contributed by atoms with Gasteiger partial charge in [0.25, 0.3) is 0 Å². The van der Waals surface area contributed by atoms with Crippen LogP contribution in [0.15, 0.2) is 18.2 Å². The third-order valence-electron chi connectivity index (χ3n) is 4.08. The second-order valence-corrected chi connectivity index (χ2v) is 5.67. The maximum atomic E-state index is 14.0. The molecule has 0 radical (unpaired) electrons. The fraction of sp³-hybridized carbons (Fsp3) is 0.625. The zero-order valence-electron chi connectivity index (χ0n) is 11.9. The molecule has 1 aliphatic rings. The van der Waals surface area contributed by atoms with E-state index < -0.39 is 0 Å². The molecule has 1 aliphatic carbocycles. The van der Waals surface area contributed by atoms with Gasteiger partial charge in [-0.2, -0.15) is 0 Å². The molecule has 1 saturated carbocycles. The normalized spacial score (nSPS) is 27.3. The Hall–Kier alpha value is -1.09. The molecule has 19 heavy (non-hydrogen) atoms. The Labute approximate surface area is 115 Å². The van der Waals surface area contributed by atoms with Gasteiger partial charge in [0.1, 0.15) is 6.10 Å². The van der Waals surface area contributed by atoms with Crippen molar-refractivity contribution < 1.29 is 9.13 Å². The zero-order chi connectivity index (χ0) is 13.8. The number of nitrogens with two attached hydrogens (primary N) is 1. The fourth-order valence-corrected chi connectivity index (χ4v) is 2.92. The van der Waals surface area contributed by atoms with E-state index in [-0.39, 0.29) is 18.0 Å². The second kappa shape index (κ2) is 6.38. The van der Waals surface area contributed by atoms with Crippen molar-refractivity contribution in [3.8, 4) is 5.75 Å². The second-order valence-electron chi connectivity index (χ2n) is 5.67. The van der Waals surface area contributed by atoms with Crippen molar-refractivity contribution in [3.63, 3.8) is 0 Å². The van der Waals surface area contributed by atoms with Gasteiger partial charge in [-0.1, -0.05) is 31.9 Å². The van der Waals surface area contributed by atoms with Gasteiger partial charge in [0.05, 0.1) is 0 Å². The Bertz CT molecular complexity index is 421. The molecule has 2 nitrogen and oxygen atoms in total. The van der Waals surface area contributed by atoms with E-state index in [1.165, 1.54) is 19.3 Å². The molecule has 0 aliphatic heterocycles. The quantitative estimate of drug-likeness (QED) is 0.898. The van der Waals surface area contributed by atoms with Gasteiger partial charge in [0.2, 0.25) is 0 Å². The molecule has 0 saturated heterocycles. The lowest BCUT2D eigenvalue weighted by Crippen LogP contribution is -2.44. The van der Waals surface area contributed by atoms with E-state index in [1.54, 1.807) is 19.1 Å². The SMILES string of the molecule is CCCC1CCC(N)C(Oc2cccc(C)c2F)C1. The molecule has 0 amide bonds. The molecule has 3 atom stereocenters. The van der Waals surface area contributed by atoms with Crippen LogP contribution in [0.3, 0.4) is 0 Å². The first-order chi connectivity index (χ1) is 9.11. The van der Waals surface area contributed by atoms with Crippen molar-refractivity contribution in [3.05, 3.63) is 29.6 Å². The molecule has 3 unspecified atom stereocenters. The predicted molar refractivity (Wildman–Crippen MR) is 75.8 cm³/mol. The van der Waals surface area contributed by atoms with Crippen molar-refractivity contribution in [2.45, 2.75) is 58.1 Å². The minimum Gasteiger partial charge on any atom is -0.486 e. The summed E-state index contributed by atoms with van der Waals surface area (Å²) in [6, 6.07) is 5.29. The summed E-state index contributed by atoms with van der Waals surface area (Å²) in [6.45, 7) is 3.95. The maximum Gasteiger partial charge on any atom is 0.167 e. The number of rotatable bonds is 4. The van der Waals surface area contributed by atoms with E-state index in [2.05, 4.69) is 6.92 Å². The summed E-state index contributed by atoms with van der Waals surface area (Å²) in [5.74, 6) is 0.757. The third-order valence-corrected chi connectivity index (χ3v) is 4.08. The Kier molecular flexibility index (Phi) is 4.81. The van der Waals surface area contributed by atoms with Crippen molar-refractivity contribution in [2.75, 3.05) is 0 Å². The van der Waals surface area contributed by atoms with Gasteiger partial charge in [-0.25, -0.2) is 4.39 Å². The minimum atomic E-state index is -0.257. The molecule has 1 aromatic carbocycles. The highest BCUT2D eigenvalue weighted by atomic mass is 19.1. The number of benzene rings is 1. The first kappa shape index (κ1) is 14.3. The van der Waals surface area contributed by atoms with Crippen molar-refractivity contribution in [1.82, 2.24) is 0 Å². The molecular formula is C16H24FNO. The van der Waals surface area contributed by atoms with Gasteiger partial charge in [0.15, 0.2) is 11.6 Å². The molecule has 1 fully saturated rings. The molecule has 2 N–H and O–H groups in total. The Morgan fingerprint density at radius 1 is 1.37 bits per heavy atom. The van der Waals surface area contributed by atoms with Crippen molar-refractivity contribution >= 4 is 0 Å². The van der Waals surface area contributed by atoms with Crippen LogP contribution in [0, 0.1) is 18.7 Å². The van der Waals surface area contributed by atoms with Gasteiger partial charge >= 0.3 is 0 Å². The zero-order valence-corrected chi connectivity index (χ0v) is 11.9. The van der Waals surface area contributed by atoms with E-state index in [0.29, 0.717) is 17.2 Å². The van der Waals surface area contributed by atoms with Crippen LogP contribution in [0.1, 0.15) is 44.6 Å². The minimum absolute atomic E-state index is 0.0213. The van der Waals surface area contributed by atoms with Crippen LogP contribution in [-0.2, 0) is 0 Å². The average molecular weight is 265 g/mol. The van der Waals surface area contributed by atoms with Crippen molar-refractivity contribution in [2.24, 2.45) is 11.7 Å². The molecule has 0 heterocycles. The molecule has 2 rings (SSSR count). The average Bonchev–Trinajstić information content (AvgIpc) is 2.39. The first-order valence-electron chi connectivity index (χ1n) is 7.29. The van der Waals surface area contributed by atoms with Crippen LogP contribution in [0.4, 0.5) is 4.39 Å². The summed E-state index contributed by atoms with van der Waals surface area (Å²) in [5, 5.41) is 0. The van der Waals surface area contributed by atoms with Crippen LogP contribution in [-0.4, -0.2) is 12.1 Å². The smallest absolute Gasteiger partial charge is 0.167 e. The highest BCUT2D eigenvalue weighted by molar-refractivity contribution is 5.30. The fourth-order valence-electron chi connectivity index (χ4n) is 2.92. The predicted octanol–water partition coefficient (Wildman–Crippen LogP) is 3.81. The number of ether oxygens (including phenoxy) is 1. The van der Waals surface area contributed by atoms with E-state index in [4.69, 9.17) is 10.5 Å². The Balaban J connectivity index is 2.05. The standard InChI is InChI=1S/C16H24FNO/c1-3-5-12-8-9-13(18)15(10-12)19-14-7-4-6-11(2)16(14)17/h4,6-7,12-13,15H,3,5,8-10,18H2,1-2H3. The first-order valence-corrected chi connectivity index (χ1v) is 7.29. The molecular weight excluding hydrogens is 241 g/mol. The summed E-state index contributed by atoms with van der Waals surface area (Å²) in [4.78, 5) is 0. The van der Waals surface area contributed by atoms with Gasteiger partial charge < -0.3 is 10.5 Å². The highest BCUT2D eigenvalue weighted by Gasteiger charge is 2.29. The monoisotopic (exact) mass is 265 g/mol. The van der Waals surface area contributed by atoms with E-state index in [9.17, 15) is 4.39 Å². The molecule has 0 aromatic heterocycles. The van der Waals surface area contributed by atoms with Crippen molar-refractivity contribution in [1.29, 1.82) is 0 Å². The van der Waals surface area contributed by atoms with Gasteiger partial charge in [0, 0.05) is 6.04 Å². The van der Waals surface area contributed by atoms with Crippen LogP contribution in [0.5, 0.6) is 5.75 Å². The Morgan fingerprint density at radius 3 is 2.89 bits per heavy atom. The van der Waals surface area contributed by atoms with Crippen LogP contribution in [0.25, 0.3) is 0 Å². The maximum absolute atomic E-state index is 14.0. The molecule has 3 heteroatoms. The van der Waals surface area contributed by atoms with Gasteiger partial charge in [-0.05, 0) is 43.7 Å². The van der Waals surface area contributed by atoms with Crippen LogP contribution in [0.2, 0.25) is 0 Å². The number of halogens is 1.